The van der Waals surface area contributed by atoms with Crippen LogP contribution in [-0.4, -0.2) is 17.2 Å². The number of nitriles is 1. The molecule has 0 aromatic heterocycles. The molecule has 1 rings (SSSR count). The minimum Gasteiger partial charge on any atom is -0.398 e. The lowest BCUT2D eigenvalue weighted by molar-refractivity contribution is -0.120. The minimum atomic E-state index is -0.833. The zero-order valence-electron chi connectivity index (χ0n) is 11.4. The van der Waals surface area contributed by atoms with Crippen molar-refractivity contribution in [2.45, 2.75) is 31.2 Å². The van der Waals surface area contributed by atoms with Gasteiger partial charge < -0.3 is 11.1 Å². The lowest BCUT2D eigenvalue weighted by Gasteiger charge is -2.27. The third-order valence-electron chi connectivity index (χ3n) is 3.06. The van der Waals surface area contributed by atoms with E-state index in [0.717, 1.165) is 4.90 Å². The fourth-order valence-electron chi connectivity index (χ4n) is 1.38. The predicted octanol–water partition coefficient (Wildman–Crippen LogP) is 2.42. The van der Waals surface area contributed by atoms with Crippen molar-refractivity contribution in [2.75, 3.05) is 11.5 Å². The van der Waals surface area contributed by atoms with Gasteiger partial charge in [0.2, 0.25) is 5.91 Å². The van der Waals surface area contributed by atoms with E-state index in [1.807, 2.05) is 32.0 Å². The molecule has 0 heterocycles. The van der Waals surface area contributed by atoms with Crippen LogP contribution >= 0.6 is 11.8 Å². The Labute approximate surface area is 118 Å². The second-order valence-electron chi connectivity index (χ2n) is 4.84. The SMILES string of the molecule is CC(C)C(C)(C#N)NC(=O)CSc1ccccc1N. The molecule has 0 spiro atoms. The Balaban J connectivity index is 2.58. The molecule has 4 nitrogen and oxygen atoms in total. The van der Waals surface area contributed by atoms with Gasteiger partial charge in [-0.1, -0.05) is 26.0 Å². The summed E-state index contributed by atoms with van der Waals surface area (Å²) in [5.74, 6) is 0.136. The van der Waals surface area contributed by atoms with E-state index in [2.05, 4.69) is 11.4 Å². The number of para-hydroxylation sites is 1. The summed E-state index contributed by atoms with van der Waals surface area (Å²) in [5, 5.41) is 11.9. The molecule has 0 radical (unpaired) electrons. The number of nitrogens with two attached hydrogens (primary N) is 1. The summed E-state index contributed by atoms with van der Waals surface area (Å²) in [6, 6.07) is 9.56. The van der Waals surface area contributed by atoms with E-state index in [4.69, 9.17) is 11.0 Å². The fraction of sp³-hybridized carbons (Fsp3) is 0.429. The van der Waals surface area contributed by atoms with Crippen molar-refractivity contribution >= 4 is 23.4 Å². The quantitative estimate of drug-likeness (QED) is 0.640. The molecule has 3 N–H and O–H groups in total. The van der Waals surface area contributed by atoms with Crippen LogP contribution < -0.4 is 11.1 Å². The third kappa shape index (κ3) is 4.18. The van der Waals surface area contributed by atoms with Crippen molar-refractivity contribution in [1.82, 2.24) is 5.32 Å². The van der Waals surface area contributed by atoms with Crippen LogP contribution in [0.2, 0.25) is 0 Å². The lowest BCUT2D eigenvalue weighted by Crippen LogP contribution is -2.49. The van der Waals surface area contributed by atoms with Gasteiger partial charge in [-0.05, 0) is 25.0 Å². The maximum Gasteiger partial charge on any atom is 0.231 e. The number of nitrogens with one attached hydrogen (secondary N) is 1. The normalized spacial score (nSPS) is 13.6. The Morgan fingerprint density at radius 3 is 2.68 bits per heavy atom. The molecule has 0 saturated heterocycles. The van der Waals surface area contributed by atoms with E-state index in [1.165, 1.54) is 11.8 Å². The van der Waals surface area contributed by atoms with Crippen molar-refractivity contribution in [1.29, 1.82) is 5.26 Å². The maximum atomic E-state index is 11.9. The van der Waals surface area contributed by atoms with Gasteiger partial charge in [-0.3, -0.25) is 4.79 Å². The van der Waals surface area contributed by atoms with Crippen LogP contribution in [0.1, 0.15) is 20.8 Å². The van der Waals surface area contributed by atoms with Crippen molar-refractivity contribution in [3.05, 3.63) is 24.3 Å². The molecule has 102 valence electrons. The smallest absolute Gasteiger partial charge is 0.231 e. The number of anilines is 1. The number of amides is 1. The highest BCUT2D eigenvalue weighted by atomic mass is 32.2. The first kappa shape index (κ1) is 15.4. The van der Waals surface area contributed by atoms with Crippen molar-refractivity contribution in [3.63, 3.8) is 0 Å². The minimum absolute atomic E-state index is 0.0493. The Hall–Kier alpha value is -1.67. The van der Waals surface area contributed by atoms with E-state index in [-0.39, 0.29) is 17.6 Å². The Bertz CT molecular complexity index is 496. The maximum absolute atomic E-state index is 11.9. The fourth-order valence-corrected chi connectivity index (χ4v) is 2.15. The van der Waals surface area contributed by atoms with Crippen LogP contribution in [0.3, 0.4) is 0 Å². The zero-order valence-corrected chi connectivity index (χ0v) is 12.3. The molecule has 1 atom stereocenters. The van der Waals surface area contributed by atoms with Gasteiger partial charge in [-0.2, -0.15) is 5.26 Å². The van der Waals surface area contributed by atoms with Gasteiger partial charge in [-0.25, -0.2) is 0 Å². The van der Waals surface area contributed by atoms with E-state index < -0.39 is 5.54 Å². The molecule has 19 heavy (non-hydrogen) atoms. The third-order valence-corrected chi connectivity index (χ3v) is 4.15. The number of hydrogen-bond acceptors (Lipinski definition) is 4. The summed E-state index contributed by atoms with van der Waals surface area (Å²) in [6.07, 6.45) is 0. The molecule has 1 unspecified atom stereocenters. The van der Waals surface area contributed by atoms with Crippen LogP contribution in [0.25, 0.3) is 0 Å². The van der Waals surface area contributed by atoms with Crippen LogP contribution in [-0.2, 0) is 4.79 Å². The standard InChI is InChI=1S/C14H19N3OS/c1-10(2)14(3,9-15)17-13(18)8-19-12-7-5-4-6-11(12)16/h4-7,10H,8,16H2,1-3H3,(H,17,18). The Morgan fingerprint density at radius 1 is 1.53 bits per heavy atom. The molecule has 1 aromatic carbocycles. The summed E-state index contributed by atoms with van der Waals surface area (Å²) in [7, 11) is 0. The first-order valence-corrected chi connectivity index (χ1v) is 7.07. The average Bonchev–Trinajstić information content (AvgIpc) is 2.37. The van der Waals surface area contributed by atoms with Gasteiger partial charge in [0.15, 0.2) is 0 Å². The molecule has 1 amide bonds. The number of nitrogen functional groups attached to an aromatic ring is 1. The highest BCUT2D eigenvalue weighted by molar-refractivity contribution is 8.00. The summed E-state index contributed by atoms with van der Waals surface area (Å²) in [6.45, 7) is 5.55. The molecule has 0 aliphatic heterocycles. The number of carbonyl (C=O) groups excluding carboxylic acids is 1. The molecule has 0 aliphatic rings. The summed E-state index contributed by atoms with van der Waals surface area (Å²) < 4.78 is 0. The van der Waals surface area contributed by atoms with Crippen LogP contribution in [0.4, 0.5) is 5.69 Å². The van der Waals surface area contributed by atoms with Crippen LogP contribution in [0.15, 0.2) is 29.2 Å². The summed E-state index contributed by atoms with van der Waals surface area (Å²) in [4.78, 5) is 12.8. The molecule has 0 saturated carbocycles. The number of hydrogen-bond donors (Lipinski definition) is 2. The second-order valence-corrected chi connectivity index (χ2v) is 5.86. The first-order valence-electron chi connectivity index (χ1n) is 6.08. The number of rotatable bonds is 5. The molecular weight excluding hydrogens is 258 g/mol. The Kier molecular flexibility index (Phi) is 5.25. The molecule has 0 aliphatic carbocycles. The molecular formula is C14H19N3OS. The van der Waals surface area contributed by atoms with E-state index in [9.17, 15) is 4.79 Å². The molecule has 0 bridgehead atoms. The van der Waals surface area contributed by atoms with E-state index in [0.29, 0.717) is 5.69 Å². The monoisotopic (exact) mass is 277 g/mol. The highest BCUT2D eigenvalue weighted by Gasteiger charge is 2.29. The Morgan fingerprint density at radius 2 is 2.16 bits per heavy atom. The number of thioether (sulfide) groups is 1. The summed E-state index contributed by atoms with van der Waals surface area (Å²) in [5.41, 5.74) is 5.63. The van der Waals surface area contributed by atoms with Gasteiger partial charge in [0.1, 0.15) is 5.54 Å². The van der Waals surface area contributed by atoms with Crippen molar-refractivity contribution in [3.8, 4) is 6.07 Å². The average molecular weight is 277 g/mol. The van der Waals surface area contributed by atoms with Gasteiger partial charge in [0.05, 0.1) is 11.8 Å². The van der Waals surface area contributed by atoms with E-state index >= 15 is 0 Å². The largest absolute Gasteiger partial charge is 0.398 e. The summed E-state index contributed by atoms with van der Waals surface area (Å²) >= 11 is 1.37. The molecule has 1 aromatic rings. The number of nitrogens with zero attached hydrogens (tertiary/aromatic N) is 1. The topological polar surface area (TPSA) is 78.9 Å². The second kappa shape index (κ2) is 6.48. The van der Waals surface area contributed by atoms with Crippen LogP contribution in [0.5, 0.6) is 0 Å². The van der Waals surface area contributed by atoms with Crippen molar-refractivity contribution in [2.24, 2.45) is 5.92 Å². The van der Waals surface area contributed by atoms with Gasteiger partial charge in [0, 0.05) is 10.6 Å². The molecule has 0 fully saturated rings. The van der Waals surface area contributed by atoms with Crippen molar-refractivity contribution < 1.29 is 4.79 Å². The number of carbonyl (C=O) groups is 1. The molecule has 5 heteroatoms. The van der Waals surface area contributed by atoms with Crippen LogP contribution in [0, 0.1) is 17.2 Å². The van der Waals surface area contributed by atoms with E-state index in [1.54, 1.807) is 13.0 Å². The zero-order chi connectivity index (χ0) is 14.5. The highest BCUT2D eigenvalue weighted by Crippen LogP contribution is 2.24. The van der Waals surface area contributed by atoms with Gasteiger partial charge in [0.25, 0.3) is 0 Å². The van der Waals surface area contributed by atoms with Gasteiger partial charge in [-0.15, -0.1) is 11.8 Å². The van der Waals surface area contributed by atoms with Gasteiger partial charge >= 0.3 is 0 Å². The number of benzene rings is 1. The first-order chi connectivity index (χ1) is 8.89. The lowest BCUT2D eigenvalue weighted by atomic mass is 9.90. The predicted molar refractivity (Wildman–Crippen MR) is 78.6 cm³/mol.